The van der Waals surface area contributed by atoms with Crippen molar-refractivity contribution in [3.8, 4) is 5.69 Å². The Balaban J connectivity index is 1.59. The summed E-state index contributed by atoms with van der Waals surface area (Å²) >= 11 is 0. The van der Waals surface area contributed by atoms with E-state index in [1.165, 1.54) is 0 Å². The van der Waals surface area contributed by atoms with E-state index in [-0.39, 0.29) is 24.1 Å². The molecule has 1 aliphatic rings. The molecule has 0 spiro atoms. The maximum absolute atomic E-state index is 14.3. The molecule has 1 amide bonds. The van der Waals surface area contributed by atoms with Crippen LogP contribution in [0.3, 0.4) is 0 Å². The van der Waals surface area contributed by atoms with Gasteiger partial charge in [0.15, 0.2) is 0 Å². The molecule has 1 saturated heterocycles. The summed E-state index contributed by atoms with van der Waals surface area (Å²) in [5, 5.41) is 23.5. The minimum atomic E-state index is -0.767. The molecule has 0 radical (unpaired) electrons. The van der Waals surface area contributed by atoms with Gasteiger partial charge < -0.3 is 15.5 Å². The Labute approximate surface area is 240 Å². The standard InChI is InChI=1S/C33H38N4O4/c1-2-29(24-11-5-3-6-12-24)34-32(40)31-27-15-9-10-16-28(27)33(41)37(25-13-7-4-8-14-25)30(31)22-36-19-17-35(18-20-36)21-26(39)23-38/h3-16,26,29,38-39H,2,17-23H2,1H3,(H,34,40)/t26?,29-/m0/s1. The first-order chi connectivity index (χ1) is 20.0. The van der Waals surface area contributed by atoms with Crippen molar-refractivity contribution in [2.24, 2.45) is 0 Å². The fourth-order valence-corrected chi connectivity index (χ4v) is 5.69. The zero-order chi connectivity index (χ0) is 28.8. The van der Waals surface area contributed by atoms with Crippen LogP contribution in [0.4, 0.5) is 0 Å². The minimum Gasteiger partial charge on any atom is -0.394 e. The van der Waals surface area contributed by atoms with Crippen LogP contribution in [0.15, 0.2) is 89.7 Å². The molecule has 0 aliphatic carbocycles. The van der Waals surface area contributed by atoms with Crippen LogP contribution < -0.4 is 10.9 Å². The lowest BCUT2D eigenvalue weighted by Crippen LogP contribution is -2.49. The van der Waals surface area contributed by atoms with Crippen molar-refractivity contribution < 1.29 is 15.0 Å². The van der Waals surface area contributed by atoms with E-state index in [1.54, 1.807) is 10.6 Å². The van der Waals surface area contributed by atoms with Gasteiger partial charge >= 0.3 is 0 Å². The third kappa shape index (κ3) is 6.41. The first-order valence-electron chi connectivity index (χ1n) is 14.3. The number of amides is 1. The van der Waals surface area contributed by atoms with E-state index in [0.717, 1.165) is 12.0 Å². The number of pyridine rings is 1. The number of nitrogens with one attached hydrogen (secondary N) is 1. The Hall–Kier alpha value is -3.82. The van der Waals surface area contributed by atoms with Crippen LogP contribution in [0.25, 0.3) is 16.5 Å². The molecule has 8 nitrogen and oxygen atoms in total. The summed E-state index contributed by atoms with van der Waals surface area (Å²) in [6.07, 6.45) is -0.0417. The van der Waals surface area contributed by atoms with E-state index in [0.29, 0.717) is 67.0 Å². The van der Waals surface area contributed by atoms with Crippen molar-refractivity contribution in [3.63, 3.8) is 0 Å². The van der Waals surface area contributed by atoms with Gasteiger partial charge in [0.1, 0.15) is 0 Å². The normalized spacial score (nSPS) is 16.0. The SMILES string of the molecule is CC[C@H](NC(=O)c1c(CN2CCN(CC(O)CO)CC2)n(-c2ccccc2)c(=O)c2ccccc12)c1ccccc1. The number of piperazine rings is 1. The molecule has 1 unspecified atom stereocenters. The van der Waals surface area contributed by atoms with Crippen LogP contribution in [-0.4, -0.2) is 75.9 Å². The third-order valence-corrected chi connectivity index (χ3v) is 7.86. The summed E-state index contributed by atoms with van der Waals surface area (Å²) in [4.78, 5) is 32.7. The van der Waals surface area contributed by atoms with Gasteiger partial charge in [-0.25, -0.2) is 0 Å². The smallest absolute Gasteiger partial charge is 0.263 e. The number of rotatable bonds is 10. The average Bonchev–Trinajstić information content (AvgIpc) is 3.01. The van der Waals surface area contributed by atoms with Crippen LogP contribution in [-0.2, 0) is 6.54 Å². The van der Waals surface area contributed by atoms with Gasteiger partial charge in [0.05, 0.1) is 30.0 Å². The van der Waals surface area contributed by atoms with Gasteiger partial charge in [0, 0.05) is 55.7 Å². The largest absolute Gasteiger partial charge is 0.394 e. The molecule has 2 heterocycles. The molecule has 1 fully saturated rings. The van der Waals surface area contributed by atoms with Crippen LogP contribution in [0, 0.1) is 0 Å². The van der Waals surface area contributed by atoms with Crippen molar-refractivity contribution in [3.05, 3.63) is 112 Å². The first kappa shape index (κ1) is 28.7. The predicted octanol–water partition coefficient (Wildman–Crippen LogP) is 3.34. The number of carbonyl (C=O) groups excluding carboxylic acids is 1. The molecule has 214 valence electrons. The topological polar surface area (TPSA) is 98.0 Å². The predicted molar refractivity (Wildman–Crippen MR) is 161 cm³/mol. The Kier molecular flexibility index (Phi) is 9.26. The molecule has 8 heteroatoms. The minimum absolute atomic E-state index is 0.154. The Bertz CT molecular complexity index is 1520. The molecule has 1 aliphatic heterocycles. The molecular formula is C33H38N4O4. The summed E-state index contributed by atoms with van der Waals surface area (Å²) in [6, 6.07) is 26.6. The zero-order valence-corrected chi connectivity index (χ0v) is 23.4. The second-order valence-corrected chi connectivity index (χ2v) is 10.6. The monoisotopic (exact) mass is 554 g/mol. The highest BCUT2D eigenvalue weighted by atomic mass is 16.3. The van der Waals surface area contributed by atoms with Crippen molar-refractivity contribution in [1.29, 1.82) is 0 Å². The summed E-state index contributed by atoms with van der Waals surface area (Å²) in [7, 11) is 0. The molecule has 0 saturated carbocycles. The van der Waals surface area contributed by atoms with E-state index in [4.69, 9.17) is 0 Å². The number of para-hydroxylation sites is 1. The third-order valence-electron chi connectivity index (χ3n) is 7.86. The number of carbonyl (C=O) groups is 1. The molecule has 0 bridgehead atoms. The number of β-amino-alcohol motifs (C(OH)–C–C–N with tert-alkyl or cyclic N) is 1. The number of aliphatic hydroxyl groups excluding tert-OH is 2. The van der Waals surface area contributed by atoms with Crippen molar-refractivity contribution in [1.82, 2.24) is 19.7 Å². The highest BCUT2D eigenvalue weighted by Gasteiger charge is 2.27. The summed E-state index contributed by atoms with van der Waals surface area (Å²) in [5.41, 5.74) is 2.76. The van der Waals surface area contributed by atoms with Gasteiger partial charge in [-0.1, -0.05) is 73.7 Å². The molecule has 4 aromatic rings. The maximum Gasteiger partial charge on any atom is 0.263 e. The van der Waals surface area contributed by atoms with E-state index in [9.17, 15) is 19.8 Å². The fraction of sp³-hybridized carbons (Fsp3) is 0.333. The Morgan fingerprint density at radius 3 is 2.07 bits per heavy atom. The highest BCUT2D eigenvalue weighted by molar-refractivity contribution is 6.08. The number of aromatic nitrogens is 1. The number of nitrogens with zero attached hydrogens (tertiary/aromatic N) is 3. The van der Waals surface area contributed by atoms with Crippen molar-refractivity contribution in [2.75, 3.05) is 39.3 Å². The highest BCUT2D eigenvalue weighted by Crippen LogP contribution is 2.26. The molecule has 3 N–H and O–H groups in total. The molecular weight excluding hydrogens is 516 g/mol. The zero-order valence-electron chi connectivity index (χ0n) is 23.4. The van der Waals surface area contributed by atoms with E-state index in [2.05, 4.69) is 22.0 Å². The number of benzene rings is 3. The Morgan fingerprint density at radius 2 is 1.44 bits per heavy atom. The molecule has 1 aromatic heterocycles. The van der Waals surface area contributed by atoms with Crippen LogP contribution in [0.5, 0.6) is 0 Å². The van der Waals surface area contributed by atoms with E-state index >= 15 is 0 Å². The van der Waals surface area contributed by atoms with Crippen LogP contribution in [0.1, 0.15) is 41.0 Å². The van der Waals surface area contributed by atoms with E-state index < -0.39 is 6.10 Å². The van der Waals surface area contributed by atoms with Crippen molar-refractivity contribution >= 4 is 16.7 Å². The van der Waals surface area contributed by atoms with Crippen LogP contribution in [0.2, 0.25) is 0 Å². The number of fused-ring (bicyclic) bond motifs is 1. The second-order valence-electron chi connectivity index (χ2n) is 10.6. The molecule has 41 heavy (non-hydrogen) atoms. The summed E-state index contributed by atoms with van der Waals surface area (Å²) in [6.45, 7) is 5.46. The Morgan fingerprint density at radius 1 is 0.854 bits per heavy atom. The fourth-order valence-electron chi connectivity index (χ4n) is 5.69. The molecule has 5 rings (SSSR count). The maximum atomic E-state index is 14.3. The van der Waals surface area contributed by atoms with Gasteiger partial charge in [-0.2, -0.15) is 0 Å². The number of hydrogen-bond acceptors (Lipinski definition) is 6. The lowest BCUT2D eigenvalue weighted by Gasteiger charge is -2.36. The van der Waals surface area contributed by atoms with Gasteiger partial charge in [-0.15, -0.1) is 0 Å². The lowest BCUT2D eigenvalue weighted by atomic mass is 9.99. The van der Waals surface area contributed by atoms with Crippen molar-refractivity contribution in [2.45, 2.75) is 32.0 Å². The van der Waals surface area contributed by atoms with E-state index in [1.807, 2.05) is 78.9 Å². The number of hydrogen-bond donors (Lipinski definition) is 3. The van der Waals surface area contributed by atoms with Gasteiger partial charge in [-0.3, -0.25) is 24.0 Å². The van der Waals surface area contributed by atoms with Gasteiger partial charge in [0.25, 0.3) is 11.5 Å². The average molecular weight is 555 g/mol. The van der Waals surface area contributed by atoms with Gasteiger partial charge in [0.2, 0.25) is 0 Å². The lowest BCUT2D eigenvalue weighted by molar-refractivity contribution is 0.0379. The van der Waals surface area contributed by atoms with Gasteiger partial charge in [-0.05, 0) is 30.2 Å². The first-order valence-corrected chi connectivity index (χ1v) is 14.3. The number of aliphatic hydroxyl groups is 2. The quantitative estimate of drug-likeness (QED) is 0.278. The second kappa shape index (κ2) is 13.2. The molecule has 2 atom stereocenters. The summed E-state index contributed by atoms with van der Waals surface area (Å²) in [5.74, 6) is -0.207. The summed E-state index contributed by atoms with van der Waals surface area (Å²) < 4.78 is 1.70. The van der Waals surface area contributed by atoms with Crippen LogP contribution >= 0.6 is 0 Å². The molecule has 3 aromatic carbocycles.